The molecule has 5 nitrogen and oxygen atoms in total. The molecule has 1 aromatic heterocycles. The molecule has 6 heteroatoms. The van der Waals surface area contributed by atoms with Gasteiger partial charge in [-0.05, 0) is 12.0 Å². The highest BCUT2D eigenvalue weighted by molar-refractivity contribution is 6.33. The number of hydrogen-bond acceptors (Lipinski definition) is 3. The van der Waals surface area contributed by atoms with Crippen LogP contribution < -0.4 is 5.32 Å². The highest BCUT2D eigenvalue weighted by atomic mass is 35.5. The summed E-state index contributed by atoms with van der Waals surface area (Å²) >= 11 is 5.82. The Kier molecular flexibility index (Phi) is 5.09. The molecule has 0 saturated heterocycles. The van der Waals surface area contributed by atoms with Crippen molar-refractivity contribution in [1.29, 1.82) is 0 Å². The van der Waals surface area contributed by atoms with Gasteiger partial charge in [0.15, 0.2) is 0 Å². The van der Waals surface area contributed by atoms with Gasteiger partial charge >= 0.3 is 5.97 Å². The van der Waals surface area contributed by atoms with Crippen LogP contribution in [0.4, 0.5) is 0 Å². The third-order valence-electron chi connectivity index (χ3n) is 2.78. The van der Waals surface area contributed by atoms with E-state index in [1.165, 1.54) is 18.5 Å². The number of halogens is 1. The number of carboxylic acid groups (broad SMARTS) is 1. The van der Waals surface area contributed by atoms with Gasteiger partial charge in [-0.2, -0.15) is 0 Å². The van der Waals surface area contributed by atoms with E-state index in [1.807, 2.05) is 6.92 Å². The zero-order valence-electron chi connectivity index (χ0n) is 10.2. The second-order valence-electron chi connectivity index (χ2n) is 4.03. The first-order valence-corrected chi connectivity index (χ1v) is 5.98. The summed E-state index contributed by atoms with van der Waals surface area (Å²) in [5.74, 6) is -1.72. The minimum atomic E-state index is -1.05. The van der Waals surface area contributed by atoms with Gasteiger partial charge in [0.2, 0.25) is 0 Å². The maximum atomic E-state index is 11.9. The van der Waals surface area contributed by atoms with Gasteiger partial charge in [-0.15, -0.1) is 0 Å². The lowest BCUT2D eigenvalue weighted by Crippen LogP contribution is -2.45. The Morgan fingerprint density at radius 2 is 2.22 bits per heavy atom. The predicted octanol–water partition coefficient (Wildman–Crippen LogP) is 1.96. The van der Waals surface area contributed by atoms with E-state index in [-0.39, 0.29) is 16.5 Å². The highest BCUT2D eigenvalue weighted by Gasteiger charge is 2.26. The van der Waals surface area contributed by atoms with Gasteiger partial charge in [-0.25, -0.2) is 4.79 Å². The normalized spacial score (nSPS) is 13.7. The molecule has 0 fully saturated rings. The third-order valence-corrected chi connectivity index (χ3v) is 3.08. The second kappa shape index (κ2) is 6.35. The van der Waals surface area contributed by atoms with Gasteiger partial charge in [-0.1, -0.05) is 31.9 Å². The number of carbonyl (C=O) groups excluding carboxylic acids is 1. The molecule has 0 radical (unpaired) electrons. The van der Waals surface area contributed by atoms with Crippen LogP contribution in [0.3, 0.4) is 0 Å². The van der Waals surface area contributed by atoms with E-state index >= 15 is 0 Å². The van der Waals surface area contributed by atoms with Crippen molar-refractivity contribution >= 4 is 23.5 Å². The van der Waals surface area contributed by atoms with E-state index in [9.17, 15) is 9.59 Å². The zero-order chi connectivity index (χ0) is 13.7. The van der Waals surface area contributed by atoms with Crippen molar-refractivity contribution in [3.05, 3.63) is 29.0 Å². The minimum Gasteiger partial charge on any atom is -0.480 e. The molecule has 1 rings (SSSR count). The van der Waals surface area contributed by atoms with E-state index in [2.05, 4.69) is 10.3 Å². The lowest BCUT2D eigenvalue weighted by atomic mass is 9.99. The molecule has 1 amide bonds. The summed E-state index contributed by atoms with van der Waals surface area (Å²) in [6.07, 6.45) is 3.43. The average Bonchev–Trinajstić information content (AvgIpc) is 2.35. The summed E-state index contributed by atoms with van der Waals surface area (Å²) in [4.78, 5) is 26.8. The molecule has 0 aromatic carbocycles. The fourth-order valence-electron chi connectivity index (χ4n) is 1.46. The van der Waals surface area contributed by atoms with Gasteiger partial charge < -0.3 is 10.4 Å². The maximum Gasteiger partial charge on any atom is 0.326 e. The summed E-state index contributed by atoms with van der Waals surface area (Å²) in [7, 11) is 0. The molecule has 0 aliphatic heterocycles. The molecule has 1 heterocycles. The Bertz CT molecular complexity index is 451. The number of aliphatic carboxylic acids is 1. The van der Waals surface area contributed by atoms with Crippen molar-refractivity contribution in [2.24, 2.45) is 5.92 Å². The number of pyridine rings is 1. The number of aromatic nitrogens is 1. The molecule has 0 aliphatic rings. The van der Waals surface area contributed by atoms with Crippen LogP contribution in [0.5, 0.6) is 0 Å². The molecule has 2 atom stereocenters. The van der Waals surface area contributed by atoms with Gasteiger partial charge in [0.05, 0.1) is 10.6 Å². The van der Waals surface area contributed by atoms with Gasteiger partial charge in [-0.3, -0.25) is 9.78 Å². The SMILES string of the molecule is CCC(C)[C@H](NC(=O)c1ccncc1Cl)C(=O)O. The first-order valence-electron chi connectivity index (χ1n) is 5.60. The van der Waals surface area contributed by atoms with Crippen molar-refractivity contribution in [3.8, 4) is 0 Å². The lowest BCUT2D eigenvalue weighted by molar-refractivity contribution is -0.140. The Labute approximate surface area is 110 Å². The van der Waals surface area contributed by atoms with Crippen LogP contribution >= 0.6 is 11.6 Å². The number of nitrogens with zero attached hydrogens (tertiary/aromatic N) is 1. The second-order valence-corrected chi connectivity index (χ2v) is 4.44. The van der Waals surface area contributed by atoms with E-state index < -0.39 is 17.9 Å². The summed E-state index contributed by atoms with van der Waals surface area (Å²) in [6, 6.07) is 0.527. The quantitative estimate of drug-likeness (QED) is 0.857. The van der Waals surface area contributed by atoms with Crippen LogP contribution in [0.15, 0.2) is 18.5 Å². The van der Waals surface area contributed by atoms with E-state index in [1.54, 1.807) is 6.92 Å². The van der Waals surface area contributed by atoms with Crippen LogP contribution in [0.1, 0.15) is 30.6 Å². The number of rotatable bonds is 5. The third kappa shape index (κ3) is 3.43. The number of carboxylic acids is 1. The fraction of sp³-hybridized carbons (Fsp3) is 0.417. The molecular weight excluding hydrogens is 256 g/mol. The van der Waals surface area contributed by atoms with Crippen LogP contribution in [0.2, 0.25) is 5.02 Å². The van der Waals surface area contributed by atoms with Crippen LogP contribution in [-0.2, 0) is 4.79 Å². The van der Waals surface area contributed by atoms with Gasteiger partial charge in [0, 0.05) is 12.4 Å². The van der Waals surface area contributed by atoms with Crippen molar-refractivity contribution in [2.45, 2.75) is 26.3 Å². The minimum absolute atomic E-state index is 0.160. The van der Waals surface area contributed by atoms with Crippen molar-refractivity contribution in [1.82, 2.24) is 10.3 Å². The average molecular weight is 271 g/mol. The fourth-order valence-corrected chi connectivity index (χ4v) is 1.67. The lowest BCUT2D eigenvalue weighted by Gasteiger charge is -2.20. The summed E-state index contributed by atoms with van der Waals surface area (Å²) in [5.41, 5.74) is 0.223. The van der Waals surface area contributed by atoms with Crippen LogP contribution in [0.25, 0.3) is 0 Å². The van der Waals surface area contributed by atoms with E-state index in [0.717, 1.165) is 0 Å². The van der Waals surface area contributed by atoms with Crippen molar-refractivity contribution in [2.75, 3.05) is 0 Å². The number of amides is 1. The van der Waals surface area contributed by atoms with Crippen LogP contribution in [0, 0.1) is 5.92 Å². The summed E-state index contributed by atoms with van der Waals surface area (Å²) in [5, 5.41) is 11.8. The largest absolute Gasteiger partial charge is 0.480 e. The number of nitrogens with one attached hydrogen (secondary N) is 1. The maximum absolute atomic E-state index is 11.9. The topological polar surface area (TPSA) is 79.3 Å². The summed E-state index contributed by atoms with van der Waals surface area (Å²) in [6.45, 7) is 3.64. The molecule has 0 aliphatic carbocycles. The number of hydrogen-bond donors (Lipinski definition) is 2. The Morgan fingerprint density at radius 3 is 2.72 bits per heavy atom. The molecule has 1 unspecified atom stereocenters. The molecule has 0 spiro atoms. The molecule has 18 heavy (non-hydrogen) atoms. The highest BCUT2D eigenvalue weighted by Crippen LogP contribution is 2.15. The predicted molar refractivity (Wildman–Crippen MR) is 67.6 cm³/mol. The molecule has 0 bridgehead atoms. The number of carbonyl (C=O) groups is 2. The standard InChI is InChI=1S/C12H15ClN2O3/c1-3-7(2)10(12(17)18)15-11(16)8-4-5-14-6-9(8)13/h4-7,10H,3H2,1-2H3,(H,15,16)(H,17,18)/t7?,10-/m0/s1. The smallest absolute Gasteiger partial charge is 0.326 e. The molecular formula is C12H15ClN2O3. The summed E-state index contributed by atoms with van der Waals surface area (Å²) < 4.78 is 0. The Balaban J connectivity index is 2.86. The van der Waals surface area contributed by atoms with Gasteiger partial charge in [0.1, 0.15) is 6.04 Å². The zero-order valence-corrected chi connectivity index (χ0v) is 10.9. The van der Waals surface area contributed by atoms with Crippen molar-refractivity contribution in [3.63, 3.8) is 0 Å². The monoisotopic (exact) mass is 270 g/mol. The molecule has 2 N–H and O–H groups in total. The van der Waals surface area contributed by atoms with Crippen molar-refractivity contribution < 1.29 is 14.7 Å². The molecule has 98 valence electrons. The first kappa shape index (κ1) is 14.4. The van der Waals surface area contributed by atoms with Gasteiger partial charge in [0.25, 0.3) is 5.91 Å². The van der Waals surface area contributed by atoms with E-state index in [4.69, 9.17) is 16.7 Å². The molecule has 0 saturated carbocycles. The molecule has 1 aromatic rings. The Morgan fingerprint density at radius 1 is 1.56 bits per heavy atom. The first-order chi connectivity index (χ1) is 8.47. The van der Waals surface area contributed by atoms with Crippen LogP contribution in [-0.4, -0.2) is 28.0 Å². The van der Waals surface area contributed by atoms with E-state index in [0.29, 0.717) is 6.42 Å². The Hall–Kier alpha value is -1.62.